The van der Waals surface area contributed by atoms with E-state index in [1.54, 1.807) is 0 Å². The van der Waals surface area contributed by atoms with Gasteiger partial charge in [-0.15, -0.1) is 0 Å². The molecule has 13 heavy (non-hydrogen) atoms. The molecule has 76 valence electrons. The summed E-state index contributed by atoms with van der Waals surface area (Å²) in [7, 11) is 0. The average Bonchev–Trinajstić information content (AvgIpc) is 2.07. The molecule has 3 atom stereocenters. The maximum absolute atomic E-state index is 9.73. The topological polar surface area (TPSA) is 20.2 Å². The van der Waals surface area contributed by atoms with Crippen molar-refractivity contribution in [3.63, 3.8) is 0 Å². The van der Waals surface area contributed by atoms with E-state index in [9.17, 15) is 5.11 Å². The molecule has 0 radical (unpaired) electrons. The highest BCUT2D eigenvalue weighted by Crippen LogP contribution is 2.58. The van der Waals surface area contributed by atoms with Crippen molar-refractivity contribution in [2.45, 2.75) is 64.9 Å². The number of rotatable bonds is 0. The fraction of sp³-hybridized carbons (Fsp3) is 1.00. The predicted octanol–water partition coefficient (Wildman–Crippen LogP) is 3.12. The molecule has 2 aliphatic rings. The van der Waals surface area contributed by atoms with Gasteiger partial charge in [-0.25, -0.2) is 0 Å². The molecule has 2 saturated carbocycles. The molecule has 0 bridgehead atoms. The van der Waals surface area contributed by atoms with Crippen molar-refractivity contribution in [2.24, 2.45) is 10.8 Å². The quantitative estimate of drug-likeness (QED) is 0.610. The fourth-order valence-corrected chi connectivity index (χ4v) is 3.52. The third-order valence-corrected chi connectivity index (χ3v) is 4.88. The predicted molar refractivity (Wildman–Crippen MR) is 54.5 cm³/mol. The summed E-state index contributed by atoms with van der Waals surface area (Å²) < 4.78 is 0. The zero-order valence-electron chi connectivity index (χ0n) is 8.97. The number of fused-ring (bicyclic) bond motifs is 1. The first-order valence-electron chi connectivity index (χ1n) is 5.74. The lowest BCUT2D eigenvalue weighted by molar-refractivity contribution is -0.0756. The van der Waals surface area contributed by atoms with E-state index in [-0.39, 0.29) is 6.10 Å². The first-order chi connectivity index (χ1) is 6.06. The van der Waals surface area contributed by atoms with E-state index < -0.39 is 0 Å². The van der Waals surface area contributed by atoms with Gasteiger partial charge >= 0.3 is 0 Å². The first kappa shape index (κ1) is 9.51. The van der Waals surface area contributed by atoms with Gasteiger partial charge in [0.05, 0.1) is 6.10 Å². The molecular formula is C12H22O. The Hall–Kier alpha value is -0.0400. The molecule has 0 unspecified atom stereocenters. The summed E-state index contributed by atoms with van der Waals surface area (Å²) in [5, 5.41) is 9.73. The lowest BCUT2D eigenvalue weighted by Gasteiger charge is -2.54. The Morgan fingerprint density at radius 2 is 1.62 bits per heavy atom. The SMILES string of the molecule is C[C@]12CCCC[C@@]1(C)C[C@H](O)CC2. The second-order valence-electron chi connectivity index (χ2n) is 5.73. The molecule has 2 rings (SSSR count). The second-order valence-corrected chi connectivity index (χ2v) is 5.73. The van der Waals surface area contributed by atoms with Gasteiger partial charge in [-0.05, 0) is 42.9 Å². The van der Waals surface area contributed by atoms with Crippen molar-refractivity contribution in [1.82, 2.24) is 0 Å². The molecule has 0 aromatic heterocycles. The molecule has 2 aliphatic carbocycles. The third kappa shape index (κ3) is 1.41. The van der Waals surface area contributed by atoms with E-state index in [0.29, 0.717) is 10.8 Å². The first-order valence-corrected chi connectivity index (χ1v) is 5.74. The Morgan fingerprint density at radius 1 is 1.00 bits per heavy atom. The van der Waals surface area contributed by atoms with Crippen LogP contribution in [0.5, 0.6) is 0 Å². The van der Waals surface area contributed by atoms with E-state index >= 15 is 0 Å². The second kappa shape index (κ2) is 2.98. The highest BCUT2D eigenvalue weighted by Gasteiger charge is 2.49. The largest absolute Gasteiger partial charge is 0.393 e. The van der Waals surface area contributed by atoms with Gasteiger partial charge in [-0.1, -0.05) is 26.7 Å². The lowest BCUT2D eigenvalue weighted by atomic mass is 9.51. The van der Waals surface area contributed by atoms with Crippen LogP contribution in [0.3, 0.4) is 0 Å². The summed E-state index contributed by atoms with van der Waals surface area (Å²) in [5.41, 5.74) is 0.966. The molecular weight excluding hydrogens is 160 g/mol. The van der Waals surface area contributed by atoms with Gasteiger partial charge in [0.1, 0.15) is 0 Å². The van der Waals surface area contributed by atoms with Gasteiger partial charge in [-0.3, -0.25) is 0 Å². The minimum absolute atomic E-state index is 0.0174. The van der Waals surface area contributed by atoms with Crippen LogP contribution in [-0.4, -0.2) is 11.2 Å². The number of hydrogen-bond donors (Lipinski definition) is 1. The van der Waals surface area contributed by atoms with E-state index in [0.717, 1.165) is 12.8 Å². The Morgan fingerprint density at radius 3 is 2.31 bits per heavy atom. The maximum atomic E-state index is 9.73. The Kier molecular flexibility index (Phi) is 2.18. The molecule has 2 fully saturated rings. The van der Waals surface area contributed by atoms with Crippen LogP contribution in [0.1, 0.15) is 58.8 Å². The average molecular weight is 182 g/mol. The van der Waals surface area contributed by atoms with Gasteiger partial charge in [0.25, 0.3) is 0 Å². The molecule has 0 aliphatic heterocycles. The van der Waals surface area contributed by atoms with Crippen LogP contribution in [0.4, 0.5) is 0 Å². The Labute approximate surface area is 81.5 Å². The molecule has 0 aromatic carbocycles. The van der Waals surface area contributed by atoms with Gasteiger partial charge in [0, 0.05) is 0 Å². The van der Waals surface area contributed by atoms with E-state index in [2.05, 4.69) is 13.8 Å². The molecule has 1 heteroatoms. The zero-order chi connectivity index (χ0) is 9.53. The summed E-state index contributed by atoms with van der Waals surface area (Å²) in [6, 6.07) is 0. The van der Waals surface area contributed by atoms with Crippen LogP contribution in [0.2, 0.25) is 0 Å². The molecule has 0 spiro atoms. The van der Waals surface area contributed by atoms with Crippen molar-refractivity contribution >= 4 is 0 Å². The molecule has 1 N–H and O–H groups in total. The van der Waals surface area contributed by atoms with Crippen molar-refractivity contribution < 1.29 is 5.11 Å². The minimum atomic E-state index is -0.0174. The summed E-state index contributed by atoms with van der Waals surface area (Å²) in [4.78, 5) is 0. The summed E-state index contributed by atoms with van der Waals surface area (Å²) >= 11 is 0. The van der Waals surface area contributed by atoms with Crippen LogP contribution >= 0.6 is 0 Å². The summed E-state index contributed by atoms with van der Waals surface area (Å²) in [5.74, 6) is 0. The highest BCUT2D eigenvalue weighted by molar-refractivity contribution is 4.99. The van der Waals surface area contributed by atoms with Crippen LogP contribution < -0.4 is 0 Å². The highest BCUT2D eigenvalue weighted by atomic mass is 16.3. The normalized spacial score (nSPS) is 51.5. The Balaban J connectivity index is 2.20. The van der Waals surface area contributed by atoms with Gasteiger partial charge in [0.15, 0.2) is 0 Å². The zero-order valence-corrected chi connectivity index (χ0v) is 8.97. The van der Waals surface area contributed by atoms with Crippen molar-refractivity contribution in [3.05, 3.63) is 0 Å². The molecule has 0 saturated heterocycles. The third-order valence-electron chi connectivity index (χ3n) is 4.88. The van der Waals surface area contributed by atoms with Gasteiger partial charge in [0.2, 0.25) is 0 Å². The standard InChI is InChI=1S/C12H22O/c1-11-6-3-4-7-12(11,2)9-10(13)5-8-11/h10,13H,3-9H2,1-2H3/t10-,11-,12+/m1/s1. The number of aliphatic hydroxyl groups excluding tert-OH is 1. The van der Waals surface area contributed by atoms with Crippen molar-refractivity contribution in [2.75, 3.05) is 0 Å². The summed E-state index contributed by atoms with van der Waals surface area (Å²) in [6.07, 6.45) is 8.80. The van der Waals surface area contributed by atoms with Crippen molar-refractivity contribution in [1.29, 1.82) is 0 Å². The monoisotopic (exact) mass is 182 g/mol. The minimum Gasteiger partial charge on any atom is -0.393 e. The van der Waals surface area contributed by atoms with Gasteiger partial charge < -0.3 is 5.11 Å². The van der Waals surface area contributed by atoms with E-state index in [4.69, 9.17) is 0 Å². The smallest absolute Gasteiger partial charge is 0.0545 e. The lowest BCUT2D eigenvalue weighted by Crippen LogP contribution is -2.46. The summed E-state index contributed by atoms with van der Waals surface area (Å²) in [6.45, 7) is 4.84. The fourth-order valence-electron chi connectivity index (χ4n) is 3.52. The van der Waals surface area contributed by atoms with Crippen LogP contribution in [0, 0.1) is 10.8 Å². The van der Waals surface area contributed by atoms with E-state index in [1.165, 1.54) is 32.1 Å². The maximum Gasteiger partial charge on any atom is 0.0545 e. The van der Waals surface area contributed by atoms with Crippen LogP contribution in [0.25, 0.3) is 0 Å². The molecule has 1 nitrogen and oxygen atoms in total. The van der Waals surface area contributed by atoms with Gasteiger partial charge in [-0.2, -0.15) is 0 Å². The van der Waals surface area contributed by atoms with Crippen LogP contribution in [0.15, 0.2) is 0 Å². The Bertz CT molecular complexity index is 201. The molecule has 0 aromatic rings. The molecule has 0 heterocycles. The van der Waals surface area contributed by atoms with E-state index in [1.807, 2.05) is 0 Å². The number of hydrogen-bond acceptors (Lipinski definition) is 1. The molecule has 0 amide bonds. The van der Waals surface area contributed by atoms with Crippen LogP contribution in [-0.2, 0) is 0 Å². The van der Waals surface area contributed by atoms with Crippen molar-refractivity contribution in [3.8, 4) is 0 Å². The number of aliphatic hydroxyl groups is 1.